The summed E-state index contributed by atoms with van der Waals surface area (Å²) >= 11 is 0. The molecule has 24 heavy (non-hydrogen) atoms. The molecule has 2 heterocycles. The van der Waals surface area contributed by atoms with E-state index in [1.165, 1.54) is 17.5 Å². The fraction of sp³-hybridized carbons (Fsp3) is 0.111. The van der Waals surface area contributed by atoms with E-state index in [4.69, 9.17) is 11.5 Å². The number of nitrogens with two attached hydrogens (primary N) is 2. The zero-order chi connectivity index (χ0) is 17.1. The maximum atomic E-state index is 5.67. The first-order valence-electron chi connectivity index (χ1n) is 7.49. The van der Waals surface area contributed by atoms with Crippen molar-refractivity contribution < 1.29 is 0 Å². The predicted molar refractivity (Wildman–Crippen MR) is 97.4 cm³/mol. The molecule has 2 aromatic heterocycles. The Morgan fingerprint density at radius 1 is 0.792 bits per heavy atom. The highest BCUT2D eigenvalue weighted by atomic mass is 15.1. The molecule has 6 heteroatoms. The minimum atomic E-state index is 0.493. The molecule has 4 N–H and O–H groups in total. The van der Waals surface area contributed by atoms with Crippen molar-refractivity contribution >= 4 is 33.3 Å². The summed E-state index contributed by atoms with van der Waals surface area (Å²) in [6.07, 6.45) is 3.20. The topological polar surface area (TPSA) is 104 Å². The van der Waals surface area contributed by atoms with Gasteiger partial charge in [0.05, 0.1) is 11.7 Å². The van der Waals surface area contributed by atoms with Crippen LogP contribution in [0.15, 0.2) is 48.9 Å². The molecule has 0 aliphatic carbocycles. The molecular formula is C18H18N6. The third kappa shape index (κ3) is 3.22. The van der Waals surface area contributed by atoms with Crippen LogP contribution in [0.4, 0.5) is 11.6 Å². The molecular weight excluding hydrogens is 300 g/mol. The van der Waals surface area contributed by atoms with Crippen molar-refractivity contribution in [3.8, 4) is 0 Å². The summed E-state index contributed by atoms with van der Waals surface area (Å²) in [7, 11) is 0. The summed E-state index contributed by atoms with van der Waals surface area (Å²) < 4.78 is 0. The SMILES string of the molecule is Cc1ccc2c(N)nncc2c1.Cc1ccc2ncnc(N)c2c1. The average Bonchev–Trinajstić information content (AvgIpc) is 2.56. The number of fused-ring (bicyclic) bond motifs is 2. The van der Waals surface area contributed by atoms with E-state index >= 15 is 0 Å². The summed E-state index contributed by atoms with van der Waals surface area (Å²) in [5, 5.41) is 10.5. The molecule has 0 radical (unpaired) electrons. The largest absolute Gasteiger partial charge is 0.383 e. The number of rotatable bonds is 0. The number of hydrogen-bond acceptors (Lipinski definition) is 6. The Balaban J connectivity index is 0.000000141. The van der Waals surface area contributed by atoms with Gasteiger partial charge in [0.15, 0.2) is 5.82 Å². The van der Waals surface area contributed by atoms with Crippen molar-refractivity contribution in [1.29, 1.82) is 0 Å². The Kier molecular flexibility index (Phi) is 4.20. The molecule has 0 bridgehead atoms. The van der Waals surface area contributed by atoms with Gasteiger partial charge >= 0.3 is 0 Å². The highest BCUT2D eigenvalue weighted by Gasteiger charge is 1.99. The van der Waals surface area contributed by atoms with Crippen LogP contribution in [-0.4, -0.2) is 20.2 Å². The zero-order valence-corrected chi connectivity index (χ0v) is 13.6. The van der Waals surface area contributed by atoms with Gasteiger partial charge in [-0.1, -0.05) is 29.3 Å². The van der Waals surface area contributed by atoms with E-state index < -0.39 is 0 Å². The lowest BCUT2D eigenvalue weighted by atomic mass is 10.1. The van der Waals surface area contributed by atoms with E-state index in [1.54, 1.807) is 6.20 Å². The Morgan fingerprint density at radius 2 is 1.54 bits per heavy atom. The molecule has 2 aromatic carbocycles. The number of anilines is 2. The predicted octanol–water partition coefficient (Wildman–Crippen LogP) is 3.04. The highest BCUT2D eigenvalue weighted by Crippen LogP contribution is 2.18. The number of aryl methyl sites for hydroxylation is 2. The normalized spacial score (nSPS) is 10.4. The van der Waals surface area contributed by atoms with Crippen molar-refractivity contribution in [2.75, 3.05) is 11.5 Å². The summed E-state index contributed by atoms with van der Waals surface area (Å²) in [5.74, 6) is 1.04. The number of hydrogen-bond donors (Lipinski definition) is 2. The Bertz CT molecular complexity index is 1010. The molecule has 6 nitrogen and oxygen atoms in total. The molecule has 120 valence electrons. The molecule has 0 aliphatic rings. The van der Waals surface area contributed by atoms with Crippen LogP contribution in [-0.2, 0) is 0 Å². The molecule has 0 spiro atoms. The number of nitrogen functional groups attached to an aromatic ring is 2. The smallest absolute Gasteiger partial charge is 0.153 e. The van der Waals surface area contributed by atoms with Crippen LogP contribution in [0, 0.1) is 13.8 Å². The van der Waals surface area contributed by atoms with Crippen molar-refractivity contribution in [1.82, 2.24) is 20.2 Å². The summed E-state index contributed by atoms with van der Waals surface area (Å²) in [6.45, 7) is 4.06. The van der Waals surface area contributed by atoms with Crippen molar-refractivity contribution in [3.05, 3.63) is 60.0 Å². The van der Waals surface area contributed by atoms with Gasteiger partial charge in [0.2, 0.25) is 0 Å². The third-order valence-corrected chi connectivity index (χ3v) is 3.67. The molecule has 0 amide bonds. The minimum absolute atomic E-state index is 0.493. The quantitative estimate of drug-likeness (QED) is 0.516. The third-order valence-electron chi connectivity index (χ3n) is 3.67. The lowest BCUT2D eigenvalue weighted by Crippen LogP contribution is -1.93. The van der Waals surface area contributed by atoms with Gasteiger partial charge in [-0.25, -0.2) is 9.97 Å². The first-order chi connectivity index (χ1) is 11.5. The van der Waals surface area contributed by atoms with Gasteiger partial charge in [-0.3, -0.25) is 0 Å². The lowest BCUT2D eigenvalue weighted by molar-refractivity contribution is 1.06. The number of nitrogens with zero attached hydrogens (tertiary/aromatic N) is 4. The number of aromatic nitrogens is 4. The van der Waals surface area contributed by atoms with Crippen LogP contribution in [0.1, 0.15) is 11.1 Å². The molecule has 0 unspecified atom stereocenters. The van der Waals surface area contributed by atoms with Crippen LogP contribution in [0.5, 0.6) is 0 Å². The second-order valence-corrected chi connectivity index (χ2v) is 5.60. The van der Waals surface area contributed by atoms with Gasteiger partial charge in [0.25, 0.3) is 0 Å². The van der Waals surface area contributed by atoms with Crippen LogP contribution >= 0.6 is 0 Å². The Labute approximate surface area is 139 Å². The Morgan fingerprint density at radius 3 is 2.38 bits per heavy atom. The molecule has 4 aromatic rings. The van der Waals surface area contributed by atoms with Crippen LogP contribution in [0.2, 0.25) is 0 Å². The van der Waals surface area contributed by atoms with Gasteiger partial charge in [-0.05, 0) is 32.0 Å². The van der Waals surface area contributed by atoms with E-state index in [9.17, 15) is 0 Å². The van der Waals surface area contributed by atoms with Gasteiger partial charge < -0.3 is 11.5 Å². The maximum Gasteiger partial charge on any atom is 0.153 e. The fourth-order valence-electron chi connectivity index (χ4n) is 2.42. The van der Waals surface area contributed by atoms with Crippen LogP contribution in [0.3, 0.4) is 0 Å². The monoisotopic (exact) mass is 318 g/mol. The average molecular weight is 318 g/mol. The summed E-state index contributed by atoms with van der Waals surface area (Å²) in [6, 6.07) is 12.0. The number of benzene rings is 2. The van der Waals surface area contributed by atoms with Crippen LogP contribution < -0.4 is 11.5 Å². The highest BCUT2D eigenvalue weighted by molar-refractivity contribution is 5.90. The van der Waals surface area contributed by atoms with Gasteiger partial charge in [-0.15, -0.1) is 5.10 Å². The molecule has 0 fully saturated rings. The van der Waals surface area contributed by atoms with Gasteiger partial charge in [-0.2, -0.15) is 5.10 Å². The van der Waals surface area contributed by atoms with E-state index in [0.717, 1.165) is 21.7 Å². The standard InChI is InChI=1S/2C9H9N3/c1-6-2-3-8-7(4-6)9(10)12-5-11-8;1-6-2-3-8-7(4-6)5-11-12-9(8)10/h2-5H,1H3,(H2,10,11,12);2-5H,1H3,(H2,10,12). The van der Waals surface area contributed by atoms with E-state index in [0.29, 0.717) is 11.6 Å². The van der Waals surface area contributed by atoms with E-state index in [2.05, 4.69) is 20.2 Å². The first-order valence-corrected chi connectivity index (χ1v) is 7.49. The molecule has 0 atom stereocenters. The fourth-order valence-corrected chi connectivity index (χ4v) is 2.42. The first kappa shape index (κ1) is 15.6. The van der Waals surface area contributed by atoms with Crippen LogP contribution in [0.25, 0.3) is 21.7 Å². The van der Waals surface area contributed by atoms with Crippen molar-refractivity contribution in [2.24, 2.45) is 0 Å². The zero-order valence-electron chi connectivity index (χ0n) is 13.6. The molecule has 0 saturated heterocycles. The van der Waals surface area contributed by atoms with E-state index in [1.807, 2.05) is 50.2 Å². The molecule has 0 saturated carbocycles. The molecule has 0 aliphatic heterocycles. The molecule has 4 rings (SSSR count). The van der Waals surface area contributed by atoms with Gasteiger partial charge in [0, 0.05) is 16.2 Å². The summed E-state index contributed by atoms with van der Waals surface area (Å²) in [5.41, 5.74) is 14.6. The van der Waals surface area contributed by atoms with Gasteiger partial charge in [0.1, 0.15) is 12.1 Å². The second kappa shape index (κ2) is 6.45. The van der Waals surface area contributed by atoms with Crippen molar-refractivity contribution in [2.45, 2.75) is 13.8 Å². The Hall–Kier alpha value is -3.28. The maximum absolute atomic E-state index is 5.67. The second-order valence-electron chi connectivity index (χ2n) is 5.60. The summed E-state index contributed by atoms with van der Waals surface area (Å²) in [4.78, 5) is 8.01. The van der Waals surface area contributed by atoms with Crippen molar-refractivity contribution in [3.63, 3.8) is 0 Å². The minimum Gasteiger partial charge on any atom is -0.383 e. The van der Waals surface area contributed by atoms with E-state index in [-0.39, 0.29) is 0 Å². The lowest BCUT2D eigenvalue weighted by Gasteiger charge is -1.99.